The number of fused-ring (bicyclic) bond motifs is 1. The summed E-state index contributed by atoms with van der Waals surface area (Å²) in [5, 5.41) is 3.43. The zero-order chi connectivity index (χ0) is 15.2. The van der Waals surface area contributed by atoms with E-state index in [-0.39, 0.29) is 12.3 Å². The molecule has 1 heterocycles. The molecule has 2 aromatic rings. The molecule has 0 bridgehead atoms. The van der Waals surface area contributed by atoms with E-state index in [4.69, 9.17) is 14.5 Å². The Kier molecular flexibility index (Phi) is 5.73. The Morgan fingerprint density at radius 2 is 1.95 bits per heavy atom. The Bertz CT molecular complexity index is 564. The number of imidazole rings is 1. The number of hydrogen-bond donors (Lipinski definition) is 1. The number of rotatable bonds is 8. The number of nitrogens with zero attached hydrogens (tertiary/aromatic N) is 2. The van der Waals surface area contributed by atoms with Gasteiger partial charge in [0.2, 0.25) is 0 Å². The predicted octanol–water partition coefficient (Wildman–Crippen LogP) is 2.54. The Hall–Kier alpha value is -1.43. The SMILES string of the molecule is CCCn1c(CNC(C)C(OC)OC)nc2ccccc21. The first-order valence-corrected chi connectivity index (χ1v) is 7.44. The summed E-state index contributed by atoms with van der Waals surface area (Å²) in [6, 6.07) is 8.36. The number of methoxy groups -OCH3 is 2. The quantitative estimate of drug-likeness (QED) is 0.759. The van der Waals surface area contributed by atoms with Gasteiger partial charge in [-0.15, -0.1) is 0 Å². The second kappa shape index (κ2) is 7.54. The lowest BCUT2D eigenvalue weighted by molar-refractivity contribution is -0.119. The van der Waals surface area contributed by atoms with E-state index in [2.05, 4.69) is 35.0 Å². The number of aryl methyl sites for hydroxylation is 1. The highest BCUT2D eigenvalue weighted by Gasteiger charge is 2.17. The van der Waals surface area contributed by atoms with Gasteiger partial charge < -0.3 is 19.4 Å². The van der Waals surface area contributed by atoms with Crippen molar-refractivity contribution in [1.82, 2.24) is 14.9 Å². The van der Waals surface area contributed by atoms with Crippen LogP contribution in [0.2, 0.25) is 0 Å². The fraction of sp³-hybridized carbons (Fsp3) is 0.562. The Balaban J connectivity index is 2.15. The highest BCUT2D eigenvalue weighted by Crippen LogP contribution is 2.16. The summed E-state index contributed by atoms with van der Waals surface area (Å²) in [6.45, 7) is 5.90. The van der Waals surface area contributed by atoms with Gasteiger partial charge in [0.05, 0.1) is 23.6 Å². The zero-order valence-corrected chi connectivity index (χ0v) is 13.3. The van der Waals surface area contributed by atoms with E-state index in [0.29, 0.717) is 6.54 Å². The molecule has 1 atom stereocenters. The maximum atomic E-state index is 5.27. The van der Waals surface area contributed by atoms with Crippen LogP contribution in [0.25, 0.3) is 11.0 Å². The minimum absolute atomic E-state index is 0.0925. The van der Waals surface area contributed by atoms with E-state index in [1.165, 1.54) is 5.52 Å². The molecule has 0 fully saturated rings. The molecule has 0 saturated carbocycles. The molecule has 116 valence electrons. The molecule has 0 aliphatic carbocycles. The van der Waals surface area contributed by atoms with Crippen LogP contribution in [0.5, 0.6) is 0 Å². The molecule has 1 unspecified atom stereocenters. The number of para-hydroxylation sites is 2. The number of aromatic nitrogens is 2. The molecule has 5 heteroatoms. The van der Waals surface area contributed by atoms with Crippen molar-refractivity contribution < 1.29 is 9.47 Å². The number of ether oxygens (including phenoxy) is 2. The molecular weight excluding hydrogens is 266 g/mol. The van der Waals surface area contributed by atoms with E-state index in [0.717, 1.165) is 24.3 Å². The van der Waals surface area contributed by atoms with Crippen molar-refractivity contribution in [1.29, 1.82) is 0 Å². The predicted molar refractivity (Wildman–Crippen MR) is 84.1 cm³/mol. The summed E-state index contributed by atoms with van der Waals surface area (Å²) in [6.07, 6.45) is 0.829. The monoisotopic (exact) mass is 291 g/mol. The minimum Gasteiger partial charge on any atom is -0.354 e. The second-order valence-corrected chi connectivity index (χ2v) is 5.18. The van der Waals surface area contributed by atoms with Crippen molar-refractivity contribution in [2.24, 2.45) is 0 Å². The molecule has 0 radical (unpaired) electrons. The van der Waals surface area contributed by atoms with Crippen LogP contribution in [-0.2, 0) is 22.6 Å². The van der Waals surface area contributed by atoms with Crippen molar-refractivity contribution in [3.63, 3.8) is 0 Å². The van der Waals surface area contributed by atoms with Gasteiger partial charge in [-0.3, -0.25) is 0 Å². The average Bonchev–Trinajstić information content (AvgIpc) is 2.85. The van der Waals surface area contributed by atoms with Crippen LogP contribution in [0.15, 0.2) is 24.3 Å². The molecule has 1 aromatic carbocycles. The summed E-state index contributed by atoms with van der Waals surface area (Å²) in [7, 11) is 3.30. The molecule has 0 amide bonds. The maximum Gasteiger partial charge on any atom is 0.171 e. The first-order valence-electron chi connectivity index (χ1n) is 7.44. The molecule has 0 spiro atoms. The van der Waals surface area contributed by atoms with Crippen LogP contribution in [0, 0.1) is 0 Å². The van der Waals surface area contributed by atoms with Gasteiger partial charge >= 0.3 is 0 Å². The van der Waals surface area contributed by atoms with E-state index < -0.39 is 0 Å². The van der Waals surface area contributed by atoms with E-state index in [9.17, 15) is 0 Å². The first kappa shape index (κ1) is 15.9. The number of hydrogen-bond acceptors (Lipinski definition) is 4. The topological polar surface area (TPSA) is 48.3 Å². The van der Waals surface area contributed by atoms with Gasteiger partial charge in [-0.05, 0) is 25.5 Å². The molecule has 2 rings (SSSR count). The number of nitrogens with one attached hydrogen (secondary N) is 1. The second-order valence-electron chi connectivity index (χ2n) is 5.18. The molecule has 1 N–H and O–H groups in total. The van der Waals surface area contributed by atoms with E-state index in [1.807, 2.05) is 13.0 Å². The third-order valence-electron chi connectivity index (χ3n) is 3.64. The van der Waals surface area contributed by atoms with Crippen molar-refractivity contribution in [2.75, 3.05) is 14.2 Å². The third-order valence-corrected chi connectivity index (χ3v) is 3.64. The van der Waals surface area contributed by atoms with Gasteiger partial charge in [0.15, 0.2) is 6.29 Å². The minimum atomic E-state index is -0.256. The van der Waals surface area contributed by atoms with Crippen LogP contribution in [0.1, 0.15) is 26.1 Å². The van der Waals surface area contributed by atoms with Crippen LogP contribution >= 0.6 is 0 Å². The summed E-state index contributed by atoms with van der Waals surface area (Å²) in [4.78, 5) is 4.73. The molecule has 0 aliphatic heterocycles. The molecule has 5 nitrogen and oxygen atoms in total. The number of benzene rings is 1. The van der Waals surface area contributed by atoms with Gasteiger partial charge in [0.25, 0.3) is 0 Å². The lowest BCUT2D eigenvalue weighted by atomic mass is 10.3. The van der Waals surface area contributed by atoms with Crippen molar-refractivity contribution >= 4 is 11.0 Å². The molecular formula is C16H25N3O2. The van der Waals surface area contributed by atoms with E-state index in [1.54, 1.807) is 14.2 Å². The van der Waals surface area contributed by atoms with Crippen LogP contribution in [0.4, 0.5) is 0 Å². The third kappa shape index (κ3) is 3.61. The lowest BCUT2D eigenvalue weighted by Gasteiger charge is -2.22. The van der Waals surface area contributed by atoms with Crippen LogP contribution in [0.3, 0.4) is 0 Å². The van der Waals surface area contributed by atoms with Crippen LogP contribution < -0.4 is 5.32 Å². The molecule has 1 aromatic heterocycles. The van der Waals surface area contributed by atoms with Crippen LogP contribution in [-0.4, -0.2) is 36.1 Å². The summed E-state index contributed by atoms with van der Waals surface area (Å²) in [5.74, 6) is 1.05. The van der Waals surface area contributed by atoms with Gasteiger partial charge in [0, 0.05) is 20.8 Å². The molecule has 21 heavy (non-hydrogen) atoms. The van der Waals surface area contributed by atoms with Crippen molar-refractivity contribution in [3.8, 4) is 0 Å². The standard InChI is InChI=1S/C16H25N3O2/c1-5-10-19-14-9-7-6-8-13(14)18-15(19)11-17-12(2)16(20-3)21-4/h6-9,12,16-17H,5,10-11H2,1-4H3. The molecule has 0 aliphatic rings. The van der Waals surface area contributed by atoms with E-state index >= 15 is 0 Å². The highest BCUT2D eigenvalue weighted by atomic mass is 16.7. The van der Waals surface area contributed by atoms with Crippen molar-refractivity contribution in [3.05, 3.63) is 30.1 Å². The smallest absolute Gasteiger partial charge is 0.171 e. The summed E-state index contributed by atoms with van der Waals surface area (Å²) >= 11 is 0. The van der Waals surface area contributed by atoms with Gasteiger partial charge in [-0.25, -0.2) is 4.98 Å². The first-order chi connectivity index (χ1) is 10.2. The van der Waals surface area contributed by atoms with Crippen molar-refractivity contribution in [2.45, 2.75) is 45.7 Å². The Morgan fingerprint density at radius 1 is 1.24 bits per heavy atom. The zero-order valence-electron chi connectivity index (χ0n) is 13.3. The summed E-state index contributed by atoms with van der Waals surface area (Å²) in [5.41, 5.74) is 2.24. The fourth-order valence-electron chi connectivity index (χ4n) is 2.59. The van der Waals surface area contributed by atoms with Gasteiger partial charge in [0.1, 0.15) is 5.82 Å². The van der Waals surface area contributed by atoms with Gasteiger partial charge in [-0.2, -0.15) is 0 Å². The normalized spacial score (nSPS) is 13.2. The molecule has 0 saturated heterocycles. The largest absolute Gasteiger partial charge is 0.354 e. The maximum absolute atomic E-state index is 5.27. The van der Waals surface area contributed by atoms with Gasteiger partial charge in [-0.1, -0.05) is 19.1 Å². The lowest BCUT2D eigenvalue weighted by Crippen LogP contribution is -2.39. The Morgan fingerprint density at radius 3 is 2.62 bits per heavy atom. The summed E-state index contributed by atoms with van der Waals surface area (Å²) < 4.78 is 12.8. The Labute approximate surface area is 126 Å². The highest BCUT2D eigenvalue weighted by molar-refractivity contribution is 5.75. The fourth-order valence-corrected chi connectivity index (χ4v) is 2.59. The average molecular weight is 291 g/mol.